The maximum Gasteiger partial charge on any atom is 0.419 e. The van der Waals surface area contributed by atoms with E-state index in [0.29, 0.717) is 25.3 Å². The molecule has 0 atom stereocenters. The van der Waals surface area contributed by atoms with Gasteiger partial charge in [0, 0.05) is 54.9 Å². The summed E-state index contributed by atoms with van der Waals surface area (Å²) < 4.78 is 41.6. The molecule has 0 radical (unpaired) electrons. The number of aromatic nitrogens is 4. The number of rotatable bonds is 3. The fraction of sp³-hybridized carbons (Fsp3) is 0.391. The molecule has 34 heavy (non-hydrogen) atoms. The average molecular weight is 471 g/mol. The van der Waals surface area contributed by atoms with Crippen molar-refractivity contribution in [3.8, 4) is 11.3 Å². The number of carbonyl (C=O) groups is 1. The number of anilines is 1. The van der Waals surface area contributed by atoms with Crippen molar-refractivity contribution < 1.29 is 18.0 Å². The van der Waals surface area contributed by atoms with Crippen LogP contribution in [0.2, 0.25) is 0 Å². The molecule has 3 aromatic rings. The van der Waals surface area contributed by atoms with E-state index in [0.717, 1.165) is 23.7 Å². The highest BCUT2D eigenvalue weighted by atomic mass is 19.4. The number of nitrogen functional groups attached to an aromatic ring is 1. The molecule has 0 bridgehead atoms. The average Bonchev–Trinajstić information content (AvgIpc) is 3.32. The van der Waals surface area contributed by atoms with Crippen LogP contribution in [-0.2, 0) is 23.7 Å². The van der Waals surface area contributed by atoms with E-state index in [9.17, 15) is 18.0 Å². The van der Waals surface area contributed by atoms with Gasteiger partial charge < -0.3 is 16.0 Å². The molecule has 0 saturated carbocycles. The molecular weight excluding hydrogens is 447 g/mol. The van der Waals surface area contributed by atoms with Gasteiger partial charge in [0.2, 0.25) is 0 Å². The van der Waals surface area contributed by atoms with E-state index in [2.05, 4.69) is 20.4 Å². The Bertz CT molecular complexity index is 1250. The van der Waals surface area contributed by atoms with Crippen molar-refractivity contribution in [2.45, 2.75) is 43.9 Å². The van der Waals surface area contributed by atoms with Gasteiger partial charge in [0.15, 0.2) is 0 Å². The number of pyridine rings is 2. The van der Waals surface area contributed by atoms with Crippen LogP contribution >= 0.6 is 0 Å². The van der Waals surface area contributed by atoms with Gasteiger partial charge in [-0.1, -0.05) is 0 Å². The summed E-state index contributed by atoms with van der Waals surface area (Å²) in [5.74, 6) is -0.560. The van der Waals surface area contributed by atoms with Gasteiger partial charge in [0.1, 0.15) is 5.82 Å². The molecule has 8 nitrogen and oxygen atoms in total. The largest absolute Gasteiger partial charge is 0.419 e. The van der Waals surface area contributed by atoms with E-state index in [1.807, 2.05) is 30.7 Å². The Labute approximate surface area is 194 Å². The molecule has 1 saturated heterocycles. The summed E-state index contributed by atoms with van der Waals surface area (Å²) in [6.45, 7) is 5.54. The Morgan fingerprint density at radius 2 is 1.88 bits per heavy atom. The van der Waals surface area contributed by atoms with E-state index < -0.39 is 23.1 Å². The van der Waals surface area contributed by atoms with Gasteiger partial charge in [-0.05, 0) is 50.1 Å². The second kappa shape index (κ2) is 7.44. The number of fused-ring (bicyclic) bond motifs is 2. The van der Waals surface area contributed by atoms with Crippen LogP contribution in [0.25, 0.3) is 11.3 Å². The van der Waals surface area contributed by atoms with Crippen molar-refractivity contribution in [1.82, 2.24) is 30.0 Å². The minimum absolute atomic E-state index is 0.164. The number of nitrogens with zero attached hydrogens (tertiary/aromatic N) is 5. The lowest BCUT2D eigenvalue weighted by atomic mass is 9.76. The molecule has 178 valence electrons. The monoisotopic (exact) mass is 471 g/mol. The zero-order valence-electron chi connectivity index (χ0n) is 18.7. The van der Waals surface area contributed by atoms with Gasteiger partial charge in [0.05, 0.1) is 16.8 Å². The first-order valence-electron chi connectivity index (χ1n) is 10.9. The first-order valence-corrected chi connectivity index (χ1v) is 10.9. The number of amides is 2. The maximum atomic E-state index is 13.2. The lowest BCUT2D eigenvalue weighted by molar-refractivity contribution is -0.137. The zero-order chi connectivity index (χ0) is 24.3. The van der Waals surface area contributed by atoms with Gasteiger partial charge in [-0.25, -0.2) is 9.78 Å². The highest BCUT2D eigenvalue weighted by Gasteiger charge is 2.52. The van der Waals surface area contributed by atoms with Gasteiger partial charge in [-0.2, -0.15) is 18.3 Å². The predicted octanol–water partition coefficient (Wildman–Crippen LogP) is 3.54. The minimum atomic E-state index is -4.59. The van der Waals surface area contributed by atoms with Gasteiger partial charge in [-0.3, -0.25) is 9.67 Å². The Morgan fingerprint density at radius 3 is 2.56 bits per heavy atom. The van der Waals surface area contributed by atoms with Crippen molar-refractivity contribution >= 4 is 11.8 Å². The second-order valence-electron chi connectivity index (χ2n) is 9.47. The first-order chi connectivity index (χ1) is 16.0. The van der Waals surface area contributed by atoms with Crippen LogP contribution in [-0.4, -0.2) is 43.8 Å². The molecule has 1 spiro atoms. The number of hydrogen-bond donors (Lipinski definition) is 2. The SMILES string of the molecule is CC(C)(NC(=O)N1CC2(CCn3nc(-c4cnc(N)c(C(F)(F)F)c4)cc32)C1)c1ccncc1. The molecule has 5 heterocycles. The summed E-state index contributed by atoms with van der Waals surface area (Å²) in [6.07, 6.45) is 0.904. The van der Waals surface area contributed by atoms with E-state index >= 15 is 0 Å². The van der Waals surface area contributed by atoms with E-state index in [1.54, 1.807) is 23.4 Å². The maximum absolute atomic E-state index is 13.2. The normalized spacial score (nSPS) is 16.9. The first kappa shape index (κ1) is 22.2. The molecule has 5 rings (SSSR count). The number of halogens is 3. The van der Waals surface area contributed by atoms with Gasteiger partial charge in [-0.15, -0.1) is 0 Å². The highest BCUT2D eigenvalue weighted by molar-refractivity contribution is 5.77. The number of nitrogens with two attached hydrogens (primary N) is 1. The molecule has 2 aliphatic rings. The van der Waals surface area contributed by atoms with Crippen molar-refractivity contribution in [3.05, 3.63) is 59.7 Å². The van der Waals surface area contributed by atoms with Crippen molar-refractivity contribution in [1.29, 1.82) is 0 Å². The third-order valence-corrected chi connectivity index (χ3v) is 6.74. The summed E-state index contributed by atoms with van der Waals surface area (Å²) >= 11 is 0. The van der Waals surface area contributed by atoms with Crippen LogP contribution in [0.5, 0.6) is 0 Å². The van der Waals surface area contributed by atoms with Crippen molar-refractivity contribution in [2.75, 3.05) is 18.8 Å². The third kappa shape index (κ3) is 3.64. The molecule has 0 unspecified atom stereocenters. The lowest BCUT2D eigenvalue weighted by Gasteiger charge is -2.48. The van der Waals surface area contributed by atoms with E-state index in [1.165, 1.54) is 6.20 Å². The van der Waals surface area contributed by atoms with Crippen molar-refractivity contribution in [2.24, 2.45) is 0 Å². The molecule has 2 aliphatic heterocycles. The Hall–Kier alpha value is -3.63. The van der Waals surface area contributed by atoms with Gasteiger partial charge >= 0.3 is 12.2 Å². The molecular formula is C23H24F3N7O. The van der Waals surface area contributed by atoms with Crippen LogP contribution in [0.1, 0.15) is 37.1 Å². The molecule has 3 aromatic heterocycles. The fourth-order valence-corrected chi connectivity index (χ4v) is 4.78. The number of alkyl halides is 3. The number of likely N-dealkylation sites (tertiary alicyclic amines) is 1. The molecule has 0 aromatic carbocycles. The summed E-state index contributed by atoms with van der Waals surface area (Å²) in [4.78, 5) is 22.4. The summed E-state index contributed by atoms with van der Waals surface area (Å²) in [6, 6.07) is 6.35. The molecule has 1 fully saturated rings. The minimum Gasteiger partial charge on any atom is -0.383 e. The number of urea groups is 1. The van der Waals surface area contributed by atoms with Gasteiger partial charge in [0.25, 0.3) is 0 Å². The van der Waals surface area contributed by atoms with Crippen LogP contribution in [0.3, 0.4) is 0 Å². The fourth-order valence-electron chi connectivity index (χ4n) is 4.78. The van der Waals surface area contributed by atoms with Crippen molar-refractivity contribution in [3.63, 3.8) is 0 Å². The lowest BCUT2D eigenvalue weighted by Crippen LogP contribution is -2.64. The Kier molecular flexibility index (Phi) is 4.85. The standard InChI is InChI=1S/C23H24F3N7O/c1-21(2,15-3-6-28-7-4-15)30-20(34)32-12-22(13-32)5-8-33-18(22)10-17(31-33)14-9-16(23(24,25)26)19(27)29-11-14/h3-4,6-7,9-11H,5,8,12-13H2,1-2H3,(H2,27,29)(H,30,34). The summed E-state index contributed by atoms with van der Waals surface area (Å²) in [7, 11) is 0. The van der Waals surface area contributed by atoms with Crippen LogP contribution in [0, 0.1) is 0 Å². The quantitative estimate of drug-likeness (QED) is 0.609. The number of hydrogen-bond acceptors (Lipinski definition) is 5. The smallest absolute Gasteiger partial charge is 0.383 e. The number of carbonyl (C=O) groups excluding carboxylic acids is 1. The molecule has 0 aliphatic carbocycles. The van der Waals surface area contributed by atoms with Crippen LogP contribution < -0.4 is 11.1 Å². The summed E-state index contributed by atoms with van der Waals surface area (Å²) in [5.41, 5.74) is 6.17. The van der Waals surface area contributed by atoms with Crippen LogP contribution in [0.15, 0.2) is 42.9 Å². The molecule has 2 amide bonds. The van der Waals surface area contributed by atoms with E-state index in [-0.39, 0.29) is 17.0 Å². The number of aryl methyl sites for hydroxylation is 1. The van der Waals surface area contributed by atoms with Crippen LogP contribution in [0.4, 0.5) is 23.8 Å². The Balaban J connectivity index is 1.32. The van der Waals surface area contributed by atoms with E-state index in [4.69, 9.17) is 5.73 Å². The molecule has 11 heteroatoms. The number of nitrogens with one attached hydrogen (secondary N) is 1. The zero-order valence-corrected chi connectivity index (χ0v) is 18.7. The topological polar surface area (TPSA) is 102 Å². The highest BCUT2D eigenvalue weighted by Crippen LogP contribution is 2.44. The second-order valence-corrected chi connectivity index (χ2v) is 9.47. The predicted molar refractivity (Wildman–Crippen MR) is 119 cm³/mol. The Morgan fingerprint density at radius 1 is 1.18 bits per heavy atom. The summed E-state index contributed by atoms with van der Waals surface area (Å²) in [5, 5.41) is 7.58. The molecule has 3 N–H and O–H groups in total. The third-order valence-electron chi connectivity index (χ3n) is 6.74.